The maximum atomic E-state index is 9.16. The van der Waals surface area contributed by atoms with Gasteiger partial charge < -0.3 is 10.1 Å². The molecule has 1 N–H and O–H groups in total. The van der Waals surface area contributed by atoms with Crippen molar-refractivity contribution in [1.29, 1.82) is 5.26 Å². The standard InChI is InChI=1S/C14H21N3O/c1-6-18-14(4,5)9-16-13-12(8-15)10(2)7-11(3)17-13/h7H,6,9H2,1-5H3,(H,16,17). The van der Waals surface area contributed by atoms with Gasteiger partial charge in [-0.15, -0.1) is 0 Å². The Labute approximate surface area is 109 Å². The van der Waals surface area contributed by atoms with Crippen molar-refractivity contribution in [3.8, 4) is 6.07 Å². The topological polar surface area (TPSA) is 57.9 Å². The molecule has 0 bridgehead atoms. The molecule has 0 saturated carbocycles. The predicted octanol–water partition coefficient (Wildman–Crippen LogP) is 2.80. The first-order valence-corrected chi connectivity index (χ1v) is 6.16. The average molecular weight is 247 g/mol. The number of aryl methyl sites for hydroxylation is 2. The molecular formula is C14H21N3O. The highest BCUT2D eigenvalue weighted by atomic mass is 16.5. The van der Waals surface area contributed by atoms with Gasteiger partial charge in [-0.1, -0.05) is 0 Å². The number of nitrogens with zero attached hydrogens (tertiary/aromatic N) is 2. The zero-order chi connectivity index (χ0) is 13.8. The van der Waals surface area contributed by atoms with Gasteiger partial charge in [0.15, 0.2) is 0 Å². The molecule has 0 saturated heterocycles. The average Bonchev–Trinajstić information content (AvgIpc) is 2.26. The highest BCUT2D eigenvalue weighted by Gasteiger charge is 2.18. The molecule has 0 aliphatic heterocycles. The van der Waals surface area contributed by atoms with E-state index in [1.807, 2.05) is 40.7 Å². The van der Waals surface area contributed by atoms with E-state index in [4.69, 9.17) is 10.00 Å². The second kappa shape index (κ2) is 5.83. The summed E-state index contributed by atoms with van der Waals surface area (Å²) in [7, 11) is 0. The molecule has 1 heterocycles. The van der Waals surface area contributed by atoms with Gasteiger partial charge in [0, 0.05) is 18.8 Å². The van der Waals surface area contributed by atoms with Crippen LogP contribution < -0.4 is 5.32 Å². The van der Waals surface area contributed by atoms with Crippen molar-refractivity contribution in [2.24, 2.45) is 0 Å². The number of hydrogen-bond acceptors (Lipinski definition) is 4. The van der Waals surface area contributed by atoms with Crippen molar-refractivity contribution in [3.05, 3.63) is 22.9 Å². The summed E-state index contributed by atoms with van der Waals surface area (Å²) < 4.78 is 5.61. The number of nitrogens with one attached hydrogen (secondary N) is 1. The molecule has 1 aromatic heterocycles. The summed E-state index contributed by atoms with van der Waals surface area (Å²) in [6.07, 6.45) is 0. The van der Waals surface area contributed by atoms with Gasteiger partial charge in [-0.25, -0.2) is 4.98 Å². The molecule has 0 aliphatic carbocycles. The minimum Gasteiger partial charge on any atom is -0.374 e. The van der Waals surface area contributed by atoms with Crippen LogP contribution in [0.5, 0.6) is 0 Å². The van der Waals surface area contributed by atoms with Crippen LogP contribution in [0.2, 0.25) is 0 Å². The number of pyridine rings is 1. The van der Waals surface area contributed by atoms with Crippen molar-refractivity contribution in [2.75, 3.05) is 18.5 Å². The lowest BCUT2D eigenvalue weighted by Gasteiger charge is -2.25. The third-order valence-corrected chi connectivity index (χ3v) is 2.67. The Balaban J connectivity index is 2.88. The largest absolute Gasteiger partial charge is 0.374 e. The quantitative estimate of drug-likeness (QED) is 0.869. The molecular weight excluding hydrogens is 226 g/mol. The normalized spacial score (nSPS) is 11.1. The van der Waals surface area contributed by atoms with Crippen LogP contribution in [0.25, 0.3) is 0 Å². The number of nitriles is 1. The lowest BCUT2D eigenvalue weighted by molar-refractivity contribution is 0.000636. The first-order chi connectivity index (χ1) is 8.39. The van der Waals surface area contributed by atoms with E-state index in [-0.39, 0.29) is 5.60 Å². The Kier molecular flexibility index (Phi) is 4.69. The summed E-state index contributed by atoms with van der Waals surface area (Å²) >= 11 is 0. The molecule has 0 atom stereocenters. The molecule has 0 spiro atoms. The van der Waals surface area contributed by atoms with Crippen LogP contribution in [-0.2, 0) is 4.74 Å². The van der Waals surface area contributed by atoms with Gasteiger partial charge in [0.25, 0.3) is 0 Å². The van der Waals surface area contributed by atoms with E-state index >= 15 is 0 Å². The Morgan fingerprint density at radius 3 is 2.67 bits per heavy atom. The minimum absolute atomic E-state index is 0.277. The minimum atomic E-state index is -0.277. The number of rotatable bonds is 5. The predicted molar refractivity (Wildman–Crippen MR) is 72.6 cm³/mol. The molecule has 4 heteroatoms. The summed E-state index contributed by atoms with van der Waals surface area (Å²) in [4.78, 5) is 4.38. The van der Waals surface area contributed by atoms with E-state index in [2.05, 4.69) is 16.4 Å². The van der Waals surface area contributed by atoms with Crippen LogP contribution in [0, 0.1) is 25.2 Å². The van der Waals surface area contributed by atoms with Crippen LogP contribution in [0.1, 0.15) is 37.6 Å². The van der Waals surface area contributed by atoms with E-state index in [1.165, 1.54) is 0 Å². The molecule has 0 fully saturated rings. The van der Waals surface area contributed by atoms with E-state index in [1.54, 1.807) is 0 Å². The monoisotopic (exact) mass is 247 g/mol. The Morgan fingerprint density at radius 1 is 1.44 bits per heavy atom. The van der Waals surface area contributed by atoms with Gasteiger partial charge in [0.05, 0.1) is 11.2 Å². The van der Waals surface area contributed by atoms with E-state index < -0.39 is 0 Å². The van der Waals surface area contributed by atoms with Crippen LogP contribution in [0.15, 0.2) is 6.07 Å². The highest BCUT2D eigenvalue weighted by molar-refractivity contribution is 5.56. The molecule has 18 heavy (non-hydrogen) atoms. The molecule has 0 amide bonds. The van der Waals surface area contributed by atoms with Gasteiger partial charge >= 0.3 is 0 Å². The van der Waals surface area contributed by atoms with Crippen LogP contribution in [0.4, 0.5) is 5.82 Å². The van der Waals surface area contributed by atoms with Gasteiger partial charge in [0.2, 0.25) is 0 Å². The van der Waals surface area contributed by atoms with Crippen molar-refractivity contribution in [2.45, 2.75) is 40.2 Å². The molecule has 1 rings (SSSR count). The SMILES string of the molecule is CCOC(C)(C)CNc1nc(C)cc(C)c1C#N. The number of hydrogen-bond donors (Lipinski definition) is 1. The fourth-order valence-corrected chi connectivity index (χ4v) is 1.84. The van der Waals surface area contributed by atoms with Crippen molar-refractivity contribution < 1.29 is 4.74 Å². The second-order valence-electron chi connectivity index (χ2n) is 4.96. The third-order valence-electron chi connectivity index (χ3n) is 2.67. The van der Waals surface area contributed by atoms with E-state index in [0.29, 0.717) is 24.5 Å². The number of aromatic nitrogens is 1. The number of anilines is 1. The molecule has 98 valence electrons. The third kappa shape index (κ3) is 3.71. The molecule has 1 aromatic rings. The molecule has 0 aliphatic rings. The van der Waals surface area contributed by atoms with E-state index in [9.17, 15) is 0 Å². The Hall–Kier alpha value is -1.60. The molecule has 0 unspecified atom stereocenters. The molecule has 4 nitrogen and oxygen atoms in total. The van der Waals surface area contributed by atoms with Gasteiger partial charge in [-0.3, -0.25) is 0 Å². The molecule has 0 aromatic carbocycles. The second-order valence-corrected chi connectivity index (χ2v) is 4.96. The summed E-state index contributed by atoms with van der Waals surface area (Å²) in [6.45, 7) is 11.1. The maximum absolute atomic E-state index is 9.16. The maximum Gasteiger partial charge on any atom is 0.144 e. The first-order valence-electron chi connectivity index (χ1n) is 6.16. The van der Waals surface area contributed by atoms with Crippen molar-refractivity contribution in [3.63, 3.8) is 0 Å². The van der Waals surface area contributed by atoms with Crippen LogP contribution in [0.3, 0.4) is 0 Å². The molecule has 0 radical (unpaired) electrons. The van der Waals surface area contributed by atoms with Crippen LogP contribution >= 0.6 is 0 Å². The van der Waals surface area contributed by atoms with Crippen molar-refractivity contribution in [1.82, 2.24) is 4.98 Å². The Morgan fingerprint density at radius 2 is 2.11 bits per heavy atom. The van der Waals surface area contributed by atoms with Gasteiger partial charge in [0.1, 0.15) is 11.9 Å². The smallest absolute Gasteiger partial charge is 0.144 e. The summed E-state index contributed by atoms with van der Waals surface area (Å²) in [5.74, 6) is 0.641. The van der Waals surface area contributed by atoms with E-state index in [0.717, 1.165) is 11.3 Å². The summed E-state index contributed by atoms with van der Waals surface area (Å²) in [6, 6.07) is 4.11. The highest BCUT2D eigenvalue weighted by Crippen LogP contribution is 2.19. The van der Waals surface area contributed by atoms with Crippen LogP contribution in [-0.4, -0.2) is 23.7 Å². The lowest BCUT2D eigenvalue weighted by atomic mass is 10.1. The van der Waals surface area contributed by atoms with Gasteiger partial charge in [-0.2, -0.15) is 5.26 Å². The summed E-state index contributed by atoms with van der Waals surface area (Å²) in [5.41, 5.74) is 2.18. The summed E-state index contributed by atoms with van der Waals surface area (Å²) in [5, 5.41) is 12.4. The number of ether oxygens (including phenoxy) is 1. The Bertz CT molecular complexity index is 461. The lowest BCUT2D eigenvalue weighted by Crippen LogP contribution is -2.33. The zero-order valence-electron chi connectivity index (χ0n) is 11.8. The fourth-order valence-electron chi connectivity index (χ4n) is 1.84. The van der Waals surface area contributed by atoms with Crippen molar-refractivity contribution >= 4 is 5.82 Å². The van der Waals surface area contributed by atoms with Gasteiger partial charge in [-0.05, 0) is 46.2 Å². The first kappa shape index (κ1) is 14.5. The fraction of sp³-hybridized carbons (Fsp3) is 0.571. The zero-order valence-corrected chi connectivity index (χ0v) is 11.8.